The van der Waals surface area contributed by atoms with Crippen LogP contribution in [-0.4, -0.2) is 30.9 Å². The summed E-state index contributed by atoms with van der Waals surface area (Å²) in [6.45, 7) is 6.15. The fraction of sp³-hybridized carbons (Fsp3) is 0.435. The lowest BCUT2D eigenvalue weighted by Crippen LogP contribution is -3.11. The van der Waals surface area contributed by atoms with Gasteiger partial charge in [0.2, 0.25) is 5.91 Å². The molecule has 3 rings (SSSR count). The van der Waals surface area contributed by atoms with Crippen LogP contribution < -0.4 is 4.90 Å². The second kappa shape index (κ2) is 9.00. The molecule has 1 aliphatic heterocycles. The number of aryl methyl sites for hydroxylation is 1. The first-order chi connectivity index (χ1) is 12.7. The lowest BCUT2D eigenvalue weighted by atomic mass is 9.94. The van der Waals surface area contributed by atoms with Crippen LogP contribution in [0.25, 0.3) is 0 Å². The quantitative estimate of drug-likeness (QED) is 0.850. The number of benzene rings is 2. The minimum atomic E-state index is 0.190. The van der Waals surface area contributed by atoms with Gasteiger partial charge in [-0.25, -0.2) is 0 Å². The van der Waals surface area contributed by atoms with Gasteiger partial charge in [0.1, 0.15) is 6.54 Å². The molecule has 0 aromatic heterocycles. The summed E-state index contributed by atoms with van der Waals surface area (Å²) >= 11 is 0. The lowest BCUT2D eigenvalue weighted by molar-refractivity contribution is -0.919. The fourth-order valence-electron chi connectivity index (χ4n) is 3.88. The summed E-state index contributed by atoms with van der Waals surface area (Å²) < 4.78 is 0. The molecule has 0 unspecified atom stereocenters. The Kier molecular flexibility index (Phi) is 6.45. The van der Waals surface area contributed by atoms with Gasteiger partial charge in [0.15, 0.2) is 0 Å². The molecule has 1 saturated heterocycles. The number of hydrogen-bond donors (Lipinski definition) is 1. The third kappa shape index (κ3) is 4.95. The first-order valence-electron chi connectivity index (χ1n) is 9.86. The minimum Gasteiger partial charge on any atom is -0.341 e. The summed E-state index contributed by atoms with van der Waals surface area (Å²) in [6.07, 6.45) is 3.10. The van der Waals surface area contributed by atoms with E-state index in [4.69, 9.17) is 0 Å². The van der Waals surface area contributed by atoms with Gasteiger partial charge in [-0.15, -0.1) is 0 Å². The fourth-order valence-corrected chi connectivity index (χ4v) is 3.88. The maximum absolute atomic E-state index is 12.8. The molecule has 0 aliphatic carbocycles. The monoisotopic (exact) mass is 351 g/mol. The number of likely N-dealkylation sites (tertiary alicyclic amines) is 1. The van der Waals surface area contributed by atoms with E-state index in [9.17, 15) is 4.79 Å². The zero-order valence-electron chi connectivity index (χ0n) is 16.1. The highest BCUT2D eigenvalue weighted by molar-refractivity contribution is 5.78. The van der Waals surface area contributed by atoms with E-state index in [0.29, 0.717) is 12.5 Å². The van der Waals surface area contributed by atoms with Crippen molar-refractivity contribution < 1.29 is 9.69 Å². The number of hydrogen-bond acceptors (Lipinski definition) is 1. The Labute approximate surface area is 157 Å². The highest BCUT2D eigenvalue weighted by Gasteiger charge is 2.29. The van der Waals surface area contributed by atoms with Crippen LogP contribution in [0.15, 0.2) is 54.6 Å². The number of rotatable bonds is 6. The number of quaternary nitrogens is 1. The van der Waals surface area contributed by atoms with E-state index in [1.54, 1.807) is 4.90 Å². The largest absolute Gasteiger partial charge is 0.341 e. The standard InChI is InChI=1S/C23H30N2O/c1-3-19-9-11-21(12-10-19)18-25-15-13-22(14-16-25)23(26)24(2)17-20-7-5-4-6-8-20/h4-12,22H,3,13-18H2,1-2H3/p+1. The van der Waals surface area contributed by atoms with E-state index in [1.165, 1.54) is 16.7 Å². The summed E-state index contributed by atoms with van der Waals surface area (Å²) in [7, 11) is 1.93. The van der Waals surface area contributed by atoms with Crippen LogP contribution in [0, 0.1) is 5.92 Å². The van der Waals surface area contributed by atoms with Gasteiger partial charge in [0, 0.05) is 37.9 Å². The average Bonchev–Trinajstić information content (AvgIpc) is 2.69. The van der Waals surface area contributed by atoms with Gasteiger partial charge in [-0.05, 0) is 17.5 Å². The van der Waals surface area contributed by atoms with Crippen LogP contribution >= 0.6 is 0 Å². The molecule has 3 heteroatoms. The highest BCUT2D eigenvalue weighted by atomic mass is 16.2. The maximum atomic E-state index is 12.8. The van der Waals surface area contributed by atoms with Gasteiger partial charge in [0.25, 0.3) is 0 Å². The van der Waals surface area contributed by atoms with Gasteiger partial charge in [-0.2, -0.15) is 0 Å². The summed E-state index contributed by atoms with van der Waals surface area (Å²) in [4.78, 5) is 16.3. The summed E-state index contributed by atoms with van der Waals surface area (Å²) in [5, 5.41) is 0. The lowest BCUT2D eigenvalue weighted by Gasteiger charge is -2.31. The zero-order chi connectivity index (χ0) is 18.4. The first-order valence-corrected chi connectivity index (χ1v) is 9.86. The minimum absolute atomic E-state index is 0.190. The van der Waals surface area contributed by atoms with E-state index in [1.807, 2.05) is 30.1 Å². The Morgan fingerprint density at radius 2 is 1.58 bits per heavy atom. The molecule has 0 bridgehead atoms. The predicted octanol–water partition coefficient (Wildman–Crippen LogP) is 2.70. The number of carbonyl (C=O) groups excluding carboxylic acids is 1. The molecule has 1 aliphatic rings. The van der Waals surface area contributed by atoms with Crippen molar-refractivity contribution in [1.82, 2.24) is 4.90 Å². The van der Waals surface area contributed by atoms with E-state index in [0.717, 1.165) is 38.9 Å². The second-order valence-electron chi connectivity index (χ2n) is 7.55. The number of amides is 1. The van der Waals surface area contributed by atoms with E-state index in [-0.39, 0.29) is 5.92 Å². The van der Waals surface area contributed by atoms with Crippen LogP contribution in [0.1, 0.15) is 36.5 Å². The molecular weight excluding hydrogens is 320 g/mol. The normalized spacial score (nSPS) is 19.9. The van der Waals surface area contributed by atoms with Crippen LogP contribution in [0.4, 0.5) is 0 Å². The van der Waals surface area contributed by atoms with E-state index >= 15 is 0 Å². The molecule has 1 fully saturated rings. The Morgan fingerprint density at radius 3 is 2.19 bits per heavy atom. The second-order valence-corrected chi connectivity index (χ2v) is 7.55. The zero-order valence-corrected chi connectivity index (χ0v) is 16.1. The average molecular weight is 352 g/mol. The van der Waals surface area contributed by atoms with Gasteiger partial charge < -0.3 is 9.80 Å². The third-order valence-corrected chi connectivity index (χ3v) is 5.57. The molecule has 2 aromatic carbocycles. The van der Waals surface area contributed by atoms with Gasteiger partial charge >= 0.3 is 0 Å². The van der Waals surface area contributed by atoms with Crippen molar-refractivity contribution in [3.8, 4) is 0 Å². The summed E-state index contributed by atoms with van der Waals surface area (Å²) in [6, 6.07) is 19.2. The van der Waals surface area contributed by atoms with Crippen molar-refractivity contribution in [3.05, 3.63) is 71.3 Å². The number of nitrogens with zero attached hydrogens (tertiary/aromatic N) is 1. The highest BCUT2D eigenvalue weighted by Crippen LogP contribution is 2.15. The van der Waals surface area contributed by atoms with Crippen molar-refractivity contribution >= 4 is 5.91 Å². The molecule has 1 amide bonds. The molecule has 0 saturated carbocycles. The summed E-state index contributed by atoms with van der Waals surface area (Å²) in [5.74, 6) is 0.495. The first kappa shape index (κ1) is 18.7. The van der Waals surface area contributed by atoms with Gasteiger partial charge in [-0.3, -0.25) is 4.79 Å². The Hall–Kier alpha value is -2.13. The van der Waals surface area contributed by atoms with Crippen LogP contribution in [-0.2, 0) is 24.3 Å². The van der Waals surface area contributed by atoms with Gasteiger partial charge in [0.05, 0.1) is 13.1 Å². The molecule has 2 aromatic rings. The van der Waals surface area contributed by atoms with Crippen molar-refractivity contribution in [2.24, 2.45) is 5.92 Å². The molecule has 0 spiro atoms. The topological polar surface area (TPSA) is 24.8 Å². The Morgan fingerprint density at radius 1 is 0.962 bits per heavy atom. The van der Waals surface area contributed by atoms with E-state index < -0.39 is 0 Å². The van der Waals surface area contributed by atoms with Crippen LogP contribution in [0.3, 0.4) is 0 Å². The molecule has 3 nitrogen and oxygen atoms in total. The molecule has 138 valence electrons. The van der Waals surface area contributed by atoms with E-state index in [2.05, 4.69) is 43.3 Å². The van der Waals surface area contributed by atoms with Crippen LogP contribution in [0.5, 0.6) is 0 Å². The Balaban J connectivity index is 1.47. The SMILES string of the molecule is CCc1ccc(C[NH+]2CCC(C(=O)N(C)Cc3ccccc3)CC2)cc1. The predicted molar refractivity (Wildman–Crippen MR) is 106 cm³/mol. The smallest absolute Gasteiger partial charge is 0.226 e. The molecular formula is C23H31N2O+. The van der Waals surface area contributed by atoms with Crippen molar-refractivity contribution in [2.75, 3.05) is 20.1 Å². The molecule has 1 N–H and O–H groups in total. The van der Waals surface area contributed by atoms with Gasteiger partial charge in [-0.1, -0.05) is 61.5 Å². The third-order valence-electron chi connectivity index (χ3n) is 5.57. The van der Waals surface area contributed by atoms with Crippen molar-refractivity contribution in [2.45, 2.75) is 39.3 Å². The van der Waals surface area contributed by atoms with Crippen molar-refractivity contribution in [1.29, 1.82) is 0 Å². The maximum Gasteiger partial charge on any atom is 0.226 e. The number of carbonyl (C=O) groups is 1. The molecule has 0 radical (unpaired) electrons. The Bertz CT molecular complexity index is 688. The number of nitrogens with one attached hydrogen (secondary N) is 1. The van der Waals surface area contributed by atoms with Crippen LogP contribution in [0.2, 0.25) is 0 Å². The summed E-state index contributed by atoms with van der Waals surface area (Å²) in [5.41, 5.74) is 4.00. The molecule has 26 heavy (non-hydrogen) atoms. The molecule has 1 heterocycles. The molecule has 0 atom stereocenters. The number of piperidine rings is 1. The van der Waals surface area contributed by atoms with Crippen molar-refractivity contribution in [3.63, 3.8) is 0 Å².